The van der Waals surface area contributed by atoms with Crippen molar-refractivity contribution in [3.05, 3.63) is 22.7 Å². The van der Waals surface area contributed by atoms with Crippen molar-refractivity contribution < 1.29 is 19.6 Å². The van der Waals surface area contributed by atoms with Crippen LogP contribution in [-0.2, 0) is 11.3 Å². The Hall–Kier alpha value is -1.46. The summed E-state index contributed by atoms with van der Waals surface area (Å²) in [5.74, 6) is 0.848. The summed E-state index contributed by atoms with van der Waals surface area (Å²) < 4.78 is 11.4. The van der Waals surface area contributed by atoms with E-state index in [-0.39, 0.29) is 18.1 Å². The Labute approximate surface area is 168 Å². The Balaban J connectivity index is 2.02. The molecule has 0 aromatic heterocycles. The molecule has 0 unspecified atom stereocenters. The maximum Gasteiger partial charge on any atom is 0.258 e. The molecule has 1 fully saturated rings. The first-order valence-corrected chi connectivity index (χ1v) is 10.4. The monoisotopic (exact) mass is 397 g/mol. The number of carbonyl (C=O) groups excluding carboxylic acids is 1. The number of hydrogen-bond acceptors (Lipinski definition) is 3. The van der Waals surface area contributed by atoms with Crippen molar-refractivity contribution in [2.75, 3.05) is 13.2 Å². The molecule has 27 heavy (non-hydrogen) atoms. The first-order valence-electron chi connectivity index (χ1n) is 10.0. The van der Waals surface area contributed by atoms with Crippen LogP contribution < -0.4 is 20.1 Å². The van der Waals surface area contributed by atoms with Gasteiger partial charge < -0.3 is 20.1 Å². The highest BCUT2D eigenvalue weighted by atomic mass is 35.5. The summed E-state index contributed by atoms with van der Waals surface area (Å²) in [5.41, 5.74) is 0.812. The van der Waals surface area contributed by atoms with Crippen molar-refractivity contribution in [3.63, 3.8) is 0 Å². The number of ether oxygens (including phenoxy) is 2. The van der Waals surface area contributed by atoms with E-state index >= 15 is 0 Å². The van der Waals surface area contributed by atoms with Crippen molar-refractivity contribution in [1.82, 2.24) is 5.32 Å². The fourth-order valence-corrected chi connectivity index (χ4v) is 3.69. The molecule has 0 bridgehead atoms. The molecule has 0 spiro atoms. The summed E-state index contributed by atoms with van der Waals surface area (Å²) in [5, 5.41) is 5.76. The molecule has 0 saturated heterocycles. The Kier molecular flexibility index (Phi) is 8.24. The number of quaternary nitrogens is 1. The molecule has 0 atom stereocenters. The van der Waals surface area contributed by atoms with E-state index in [1.165, 1.54) is 32.1 Å². The van der Waals surface area contributed by atoms with E-state index in [0.717, 1.165) is 12.1 Å². The second-order valence-corrected chi connectivity index (χ2v) is 8.67. The lowest BCUT2D eigenvalue weighted by atomic mass is 9.95. The predicted octanol–water partition coefficient (Wildman–Crippen LogP) is 3.43. The van der Waals surface area contributed by atoms with Crippen LogP contribution in [0.3, 0.4) is 0 Å². The topological polar surface area (TPSA) is 64.2 Å². The summed E-state index contributed by atoms with van der Waals surface area (Å²) in [6, 6.07) is 4.59. The smallest absolute Gasteiger partial charge is 0.258 e. The van der Waals surface area contributed by atoms with Crippen molar-refractivity contribution in [2.24, 2.45) is 0 Å². The van der Waals surface area contributed by atoms with Gasteiger partial charge in [0.15, 0.2) is 18.1 Å². The van der Waals surface area contributed by atoms with Gasteiger partial charge >= 0.3 is 0 Å². The molecule has 0 heterocycles. The minimum absolute atomic E-state index is 0.0926. The zero-order chi connectivity index (χ0) is 19.9. The highest BCUT2D eigenvalue weighted by Gasteiger charge is 2.19. The van der Waals surface area contributed by atoms with E-state index in [9.17, 15) is 4.79 Å². The van der Waals surface area contributed by atoms with Gasteiger partial charge in [-0.25, -0.2) is 0 Å². The van der Waals surface area contributed by atoms with Gasteiger partial charge in [-0.05, 0) is 65.5 Å². The summed E-state index contributed by atoms with van der Waals surface area (Å²) in [6.07, 6.45) is 6.59. The molecular weight excluding hydrogens is 364 g/mol. The second kappa shape index (κ2) is 10.2. The Morgan fingerprint density at radius 3 is 2.56 bits per heavy atom. The lowest BCUT2D eigenvalue weighted by Gasteiger charge is -2.21. The van der Waals surface area contributed by atoms with Crippen LogP contribution in [0.4, 0.5) is 0 Å². The fourth-order valence-electron chi connectivity index (χ4n) is 3.41. The quantitative estimate of drug-likeness (QED) is 0.706. The molecule has 5 nitrogen and oxygen atoms in total. The van der Waals surface area contributed by atoms with Crippen LogP contribution >= 0.6 is 11.6 Å². The van der Waals surface area contributed by atoms with E-state index in [1.807, 2.05) is 39.8 Å². The normalized spacial score (nSPS) is 15.4. The maximum absolute atomic E-state index is 12.0. The van der Waals surface area contributed by atoms with Gasteiger partial charge in [-0.1, -0.05) is 18.0 Å². The number of hydrogen-bond donors (Lipinski definition) is 2. The van der Waals surface area contributed by atoms with Gasteiger partial charge in [-0.3, -0.25) is 4.79 Å². The Morgan fingerprint density at radius 1 is 1.22 bits per heavy atom. The number of nitrogens with one attached hydrogen (secondary N) is 1. The van der Waals surface area contributed by atoms with E-state index in [4.69, 9.17) is 21.1 Å². The van der Waals surface area contributed by atoms with Gasteiger partial charge in [0.25, 0.3) is 5.91 Å². The molecule has 1 aliphatic carbocycles. The standard InChI is InChI=1S/C21H33ClN2O3/c1-5-26-18-12-15(13-23-16-9-7-6-8-10-16)11-17(22)20(18)27-14-19(25)24-21(2,3)4/h11-12,16,23H,5-10,13-14H2,1-4H3,(H,24,25)/p+1. The average molecular weight is 398 g/mol. The first-order chi connectivity index (χ1) is 12.8. The van der Waals surface area contributed by atoms with Crippen molar-refractivity contribution >= 4 is 17.5 Å². The maximum atomic E-state index is 12.0. The van der Waals surface area contributed by atoms with E-state index in [0.29, 0.717) is 29.2 Å². The Bertz CT molecular complexity index is 623. The SMILES string of the molecule is CCOc1cc(C[NH2+]C2CCCCC2)cc(Cl)c1OCC(=O)NC(C)(C)C. The molecule has 0 aliphatic heterocycles. The molecule has 152 valence electrons. The van der Waals surface area contributed by atoms with Crippen molar-refractivity contribution in [2.45, 2.75) is 77.9 Å². The van der Waals surface area contributed by atoms with Gasteiger partial charge in [0, 0.05) is 11.1 Å². The predicted molar refractivity (Wildman–Crippen MR) is 109 cm³/mol. The van der Waals surface area contributed by atoms with Gasteiger partial charge in [0.05, 0.1) is 17.7 Å². The summed E-state index contributed by atoms with van der Waals surface area (Å²) >= 11 is 6.46. The van der Waals surface area contributed by atoms with Crippen LogP contribution in [0.25, 0.3) is 0 Å². The van der Waals surface area contributed by atoms with Crippen molar-refractivity contribution in [1.29, 1.82) is 0 Å². The third kappa shape index (κ3) is 7.59. The van der Waals surface area contributed by atoms with Crippen LogP contribution in [0.5, 0.6) is 11.5 Å². The number of nitrogens with two attached hydrogens (primary N) is 1. The van der Waals surface area contributed by atoms with Crippen LogP contribution in [0, 0.1) is 0 Å². The van der Waals surface area contributed by atoms with Gasteiger partial charge in [-0.15, -0.1) is 0 Å². The molecule has 0 radical (unpaired) electrons. The minimum Gasteiger partial charge on any atom is -0.490 e. The summed E-state index contributed by atoms with van der Waals surface area (Å²) in [7, 11) is 0. The van der Waals surface area contributed by atoms with Crippen LogP contribution in [-0.4, -0.2) is 30.7 Å². The molecule has 1 aromatic rings. The molecule has 1 aromatic carbocycles. The number of amides is 1. The fraction of sp³-hybridized carbons (Fsp3) is 0.667. The lowest BCUT2D eigenvalue weighted by Crippen LogP contribution is -2.88. The van der Waals surface area contributed by atoms with E-state index in [1.54, 1.807) is 0 Å². The largest absolute Gasteiger partial charge is 0.490 e. The molecule has 1 aliphatic rings. The van der Waals surface area contributed by atoms with Crippen LogP contribution in [0.15, 0.2) is 12.1 Å². The van der Waals surface area contributed by atoms with Gasteiger partial charge in [0.2, 0.25) is 0 Å². The first kappa shape index (κ1) is 21.8. The third-order valence-corrected chi connectivity index (χ3v) is 4.85. The van der Waals surface area contributed by atoms with Crippen LogP contribution in [0.2, 0.25) is 5.02 Å². The molecule has 1 saturated carbocycles. The average Bonchev–Trinajstić information content (AvgIpc) is 2.59. The molecule has 1 amide bonds. The molecule has 6 heteroatoms. The molecule has 3 N–H and O–H groups in total. The van der Waals surface area contributed by atoms with Crippen molar-refractivity contribution in [3.8, 4) is 11.5 Å². The Morgan fingerprint density at radius 2 is 1.93 bits per heavy atom. The number of benzene rings is 1. The number of rotatable bonds is 8. The second-order valence-electron chi connectivity index (χ2n) is 8.26. The number of carbonyl (C=O) groups is 1. The molecule has 2 rings (SSSR count). The highest BCUT2D eigenvalue weighted by molar-refractivity contribution is 6.32. The van der Waals surface area contributed by atoms with E-state index in [2.05, 4.69) is 10.6 Å². The summed E-state index contributed by atoms with van der Waals surface area (Å²) in [6.45, 7) is 9.00. The lowest BCUT2D eigenvalue weighted by molar-refractivity contribution is -0.706. The zero-order valence-corrected chi connectivity index (χ0v) is 17.8. The molecular formula is C21H34ClN2O3+. The zero-order valence-electron chi connectivity index (χ0n) is 17.1. The minimum atomic E-state index is -0.300. The number of halogens is 1. The third-order valence-electron chi connectivity index (χ3n) is 4.57. The summed E-state index contributed by atoms with van der Waals surface area (Å²) in [4.78, 5) is 12.0. The van der Waals surface area contributed by atoms with Gasteiger partial charge in [-0.2, -0.15) is 0 Å². The highest BCUT2D eigenvalue weighted by Crippen LogP contribution is 2.36. The van der Waals surface area contributed by atoms with E-state index < -0.39 is 0 Å². The van der Waals surface area contributed by atoms with Crippen LogP contribution in [0.1, 0.15) is 65.4 Å². The van der Waals surface area contributed by atoms with Gasteiger partial charge in [0.1, 0.15) is 6.54 Å².